The summed E-state index contributed by atoms with van der Waals surface area (Å²) in [7, 11) is 0. The van der Waals surface area contributed by atoms with Crippen molar-refractivity contribution in [1.29, 1.82) is 0 Å². The number of carboxylic acids is 1. The van der Waals surface area contributed by atoms with Gasteiger partial charge in [-0.25, -0.2) is 14.8 Å². The Labute approximate surface area is 129 Å². The Balaban J connectivity index is 2.04. The summed E-state index contributed by atoms with van der Waals surface area (Å²) in [6, 6.07) is 4.29. The fraction of sp³-hybridized carbons (Fsp3) is 0.0769. The molecular weight excluding hydrogens is 317 g/mol. The molecule has 0 aliphatic carbocycles. The van der Waals surface area contributed by atoms with Gasteiger partial charge in [0.15, 0.2) is 0 Å². The first-order chi connectivity index (χ1) is 9.97. The third-order valence-corrected chi connectivity index (χ3v) is 3.07. The van der Waals surface area contributed by atoms with E-state index in [-0.39, 0.29) is 28.0 Å². The lowest BCUT2D eigenvalue weighted by Crippen LogP contribution is -2.23. The summed E-state index contributed by atoms with van der Waals surface area (Å²) in [4.78, 5) is 30.1. The van der Waals surface area contributed by atoms with Gasteiger partial charge in [-0.15, -0.1) is 0 Å². The van der Waals surface area contributed by atoms with E-state index in [4.69, 9.17) is 28.3 Å². The van der Waals surface area contributed by atoms with Crippen LogP contribution < -0.4 is 5.32 Å². The number of rotatable bonds is 4. The van der Waals surface area contributed by atoms with Crippen LogP contribution >= 0.6 is 23.2 Å². The molecular formula is C13H9Cl2N3O3. The second-order valence-corrected chi connectivity index (χ2v) is 4.82. The van der Waals surface area contributed by atoms with Crippen molar-refractivity contribution in [3.05, 3.63) is 57.6 Å². The second kappa shape index (κ2) is 6.51. The van der Waals surface area contributed by atoms with Crippen molar-refractivity contribution in [3.63, 3.8) is 0 Å². The molecule has 0 aliphatic heterocycles. The Morgan fingerprint density at radius 2 is 1.95 bits per heavy atom. The largest absolute Gasteiger partial charge is 0.477 e. The molecule has 0 aliphatic rings. The van der Waals surface area contributed by atoms with Gasteiger partial charge in [0.05, 0.1) is 10.6 Å². The first-order valence-corrected chi connectivity index (χ1v) is 6.50. The predicted molar refractivity (Wildman–Crippen MR) is 76.6 cm³/mol. The van der Waals surface area contributed by atoms with Crippen LogP contribution in [0, 0.1) is 0 Å². The number of carboxylic acid groups (broad SMARTS) is 1. The fourth-order valence-electron chi connectivity index (χ4n) is 1.52. The molecule has 0 saturated carbocycles. The zero-order valence-electron chi connectivity index (χ0n) is 10.5. The van der Waals surface area contributed by atoms with Gasteiger partial charge in [-0.3, -0.25) is 4.79 Å². The Morgan fingerprint density at radius 3 is 2.57 bits per heavy atom. The van der Waals surface area contributed by atoms with E-state index in [9.17, 15) is 9.59 Å². The van der Waals surface area contributed by atoms with Crippen molar-refractivity contribution in [2.75, 3.05) is 0 Å². The maximum absolute atomic E-state index is 12.0. The van der Waals surface area contributed by atoms with E-state index in [1.165, 1.54) is 24.5 Å². The third kappa shape index (κ3) is 3.90. The Kier molecular flexibility index (Phi) is 4.72. The lowest BCUT2D eigenvalue weighted by molar-refractivity contribution is 0.0690. The van der Waals surface area contributed by atoms with Gasteiger partial charge in [-0.2, -0.15) is 0 Å². The average Bonchev–Trinajstić information content (AvgIpc) is 2.47. The van der Waals surface area contributed by atoms with Gasteiger partial charge < -0.3 is 10.4 Å². The molecule has 0 atom stereocenters. The summed E-state index contributed by atoms with van der Waals surface area (Å²) in [6.07, 6.45) is 2.67. The molecule has 8 heteroatoms. The summed E-state index contributed by atoms with van der Waals surface area (Å²) >= 11 is 11.6. The summed E-state index contributed by atoms with van der Waals surface area (Å²) in [5, 5.41) is 11.7. The Bertz CT molecular complexity index is 690. The molecule has 0 saturated heterocycles. The number of hydrogen-bond acceptors (Lipinski definition) is 4. The minimum Gasteiger partial charge on any atom is -0.477 e. The molecule has 0 aromatic carbocycles. The number of nitrogens with one attached hydrogen (secondary N) is 1. The zero-order chi connectivity index (χ0) is 15.4. The molecule has 0 unspecified atom stereocenters. The van der Waals surface area contributed by atoms with Crippen LogP contribution in [0.15, 0.2) is 30.6 Å². The average molecular weight is 326 g/mol. The predicted octanol–water partition coefficient (Wildman–Crippen LogP) is 2.41. The van der Waals surface area contributed by atoms with Crippen LogP contribution in [0.2, 0.25) is 10.2 Å². The zero-order valence-corrected chi connectivity index (χ0v) is 12.0. The molecule has 21 heavy (non-hydrogen) atoms. The molecule has 2 N–H and O–H groups in total. The second-order valence-electron chi connectivity index (χ2n) is 4.03. The van der Waals surface area contributed by atoms with Crippen LogP contribution in [0.3, 0.4) is 0 Å². The van der Waals surface area contributed by atoms with Gasteiger partial charge in [-0.05, 0) is 17.7 Å². The van der Waals surface area contributed by atoms with Gasteiger partial charge in [0.25, 0.3) is 5.91 Å². The highest BCUT2D eigenvalue weighted by Crippen LogP contribution is 2.18. The molecule has 0 radical (unpaired) electrons. The van der Waals surface area contributed by atoms with E-state index in [2.05, 4.69) is 15.3 Å². The van der Waals surface area contributed by atoms with E-state index >= 15 is 0 Å². The number of aromatic carboxylic acids is 1. The van der Waals surface area contributed by atoms with E-state index in [0.717, 1.165) is 0 Å². The van der Waals surface area contributed by atoms with Crippen molar-refractivity contribution in [3.8, 4) is 0 Å². The number of aromatic nitrogens is 2. The van der Waals surface area contributed by atoms with Crippen LogP contribution in [0.1, 0.15) is 26.4 Å². The molecule has 2 heterocycles. The summed E-state index contributed by atoms with van der Waals surface area (Å²) in [5.74, 6) is -1.52. The lowest BCUT2D eigenvalue weighted by atomic mass is 10.2. The highest BCUT2D eigenvalue weighted by molar-refractivity contribution is 6.35. The highest BCUT2D eigenvalue weighted by atomic mass is 35.5. The number of hydrogen-bond donors (Lipinski definition) is 2. The van der Waals surface area contributed by atoms with Crippen LogP contribution in [0.5, 0.6) is 0 Å². The quantitative estimate of drug-likeness (QED) is 0.842. The molecule has 0 fully saturated rings. The van der Waals surface area contributed by atoms with E-state index in [0.29, 0.717) is 5.56 Å². The highest BCUT2D eigenvalue weighted by Gasteiger charge is 2.11. The Hall–Kier alpha value is -2.18. The fourth-order valence-corrected chi connectivity index (χ4v) is 1.87. The number of halogens is 2. The minimum absolute atomic E-state index is 0.0611. The smallest absolute Gasteiger partial charge is 0.354 e. The van der Waals surface area contributed by atoms with Crippen LogP contribution in [-0.4, -0.2) is 27.0 Å². The third-order valence-electron chi connectivity index (χ3n) is 2.56. The van der Waals surface area contributed by atoms with Gasteiger partial charge in [0, 0.05) is 18.9 Å². The van der Waals surface area contributed by atoms with Crippen molar-refractivity contribution < 1.29 is 14.7 Å². The Morgan fingerprint density at radius 1 is 1.19 bits per heavy atom. The molecule has 2 aromatic rings. The molecule has 6 nitrogen and oxygen atoms in total. The SMILES string of the molecule is O=C(O)c1ccc(CNC(=O)c2cc(Cl)ncc2Cl)cn1. The van der Waals surface area contributed by atoms with E-state index in [1.807, 2.05) is 0 Å². The number of carbonyl (C=O) groups is 2. The lowest BCUT2D eigenvalue weighted by Gasteiger charge is -2.07. The molecule has 2 rings (SSSR count). The summed E-state index contributed by atoms with van der Waals surface area (Å²) in [6.45, 7) is 0.183. The number of nitrogens with zero attached hydrogens (tertiary/aromatic N) is 2. The van der Waals surface area contributed by atoms with E-state index in [1.54, 1.807) is 6.07 Å². The van der Waals surface area contributed by atoms with Gasteiger partial charge >= 0.3 is 5.97 Å². The molecule has 1 amide bonds. The molecule has 0 bridgehead atoms. The van der Waals surface area contributed by atoms with Crippen molar-refractivity contribution >= 4 is 35.1 Å². The standard InChI is InChI=1S/C13H9Cl2N3O3/c14-9-6-17-11(15)3-8(9)12(19)18-5-7-1-2-10(13(20)21)16-4-7/h1-4,6H,5H2,(H,18,19)(H,20,21). The van der Waals surface area contributed by atoms with Crippen molar-refractivity contribution in [2.24, 2.45) is 0 Å². The maximum atomic E-state index is 12.0. The molecule has 0 spiro atoms. The first kappa shape index (κ1) is 15.2. The van der Waals surface area contributed by atoms with Crippen LogP contribution in [0.4, 0.5) is 0 Å². The van der Waals surface area contributed by atoms with Crippen LogP contribution in [0.25, 0.3) is 0 Å². The number of amides is 1. The topological polar surface area (TPSA) is 92.2 Å². The summed E-state index contributed by atoms with van der Waals surface area (Å²) in [5.41, 5.74) is 0.811. The maximum Gasteiger partial charge on any atom is 0.354 e. The summed E-state index contributed by atoms with van der Waals surface area (Å²) < 4.78 is 0. The van der Waals surface area contributed by atoms with Crippen LogP contribution in [-0.2, 0) is 6.54 Å². The normalized spacial score (nSPS) is 10.2. The molecule has 2 aromatic heterocycles. The van der Waals surface area contributed by atoms with Gasteiger partial charge in [0.2, 0.25) is 0 Å². The van der Waals surface area contributed by atoms with Gasteiger partial charge in [0.1, 0.15) is 10.8 Å². The van der Waals surface area contributed by atoms with Gasteiger partial charge in [-0.1, -0.05) is 29.3 Å². The number of pyridine rings is 2. The monoisotopic (exact) mass is 325 g/mol. The number of carbonyl (C=O) groups excluding carboxylic acids is 1. The van der Waals surface area contributed by atoms with Crippen molar-refractivity contribution in [1.82, 2.24) is 15.3 Å². The molecule has 108 valence electrons. The van der Waals surface area contributed by atoms with Crippen molar-refractivity contribution in [2.45, 2.75) is 6.54 Å². The minimum atomic E-state index is -1.11. The first-order valence-electron chi connectivity index (χ1n) is 5.75. The van der Waals surface area contributed by atoms with E-state index < -0.39 is 11.9 Å².